The third-order valence-corrected chi connectivity index (χ3v) is 3.17. The molecule has 1 saturated heterocycles. The molecular weight excluding hydrogens is 232 g/mol. The lowest BCUT2D eigenvalue weighted by Gasteiger charge is -2.17. The molecule has 1 N–H and O–H groups in total. The van der Waals surface area contributed by atoms with Crippen molar-refractivity contribution >= 4 is 11.8 Å². The molecule has 5 nitrogen and oxygen atoms in total. The minimum Gasteiger partial charge on any atom is -0.383 e. The highest BCUT2D eigenvalue weighted by Crippen LogP contribution is 2.18. The van der Waals surface area contributed by atoms with Crippen molar-refractivity contribution in [1.29, 1.82) is 0 Å². The van der Waals surface area contributed by atoms with Crippen molar-refractivity contribution in [3.05, 3.63) is 0 Å². The van der Waals surface area contributed by atoms with Crippen LogP contribution in [0.5, 0.6) is 0 Å². The predicted octanol–water partition coefficient (Wildman–Crippen LogP) is 0.786. The van der Waals surface area contributed by atoms with Crippen molar-refractivity contribution in [2.75, 3.05) is 26.8 Å². The van der Waals surface area contributed by atoms with Crippen molar-refractivity contribution in [2.45, 2.75) is 39.2 Å². The van der Waals surface area contributed by atoms with E-state index in [0.29, 0.717) is 19.6 Å². The highest BCUT2D eigenvalue weighted by Gasteiger charge is 2.34. The molecule has 2 atom stereocenters. The van der Waals surface area contributed by atoms with E-state index in [4.69, 9.17) is 4.74 Å². The van der Waals surface area contributed by atoms with E-state index in [1.807, 2.05) is 6.92 Å². The molecule has 0 spiro atoms. The van der Waals surface area contributed by atoms with Crippen LogP contribution in [-0.4, -0.2) is 49.6 Å². The van der Waals surface area contributed by atoms with Crippen LogP contribution in [0.2, 0.25) is 0 Å². The zero-order valence-electron chi connectivity index (χ0n) is 11.6. The van der Waals surface area contributed by atoms with Crippen molar-refractivity contribution in [3.63, 3.8) is 0 Å². The van der Waals surface area contributed by atoms with Crippen LogP contribution in [0.1, 0.15) is 33.1 Å². The number of rotatable bonds is 7. The fourth-order valence-corrected chi connectivity index (χ4v) is 2.17. The number of amides is 2. The molecule has 1 heterocycles. The van der Waals surface area contributed by atoms with Gasteiger partial charge < -0.3 is 15.0 Å². The second kappa shape index (κ2) is 7.36. The third-order valence-electron chi connectivity index (χ3n) is 3.17. The van der Waals surface area contributed by atoms with Crippen LogP contribution < -0.4 is 5.32 Å². The monoisotopic (exact) mass is 256 g/mol. The normalized spacial score (nSPS) is 21.2. The van der Waals surface area contributed by atoms with Gasteiger partial charge in [0.1, 0.15) is 0 Å². The predicted molar refractivity (Wildman–Crippen MR) is 69.1 cm³/mol. The van der Waals surface area contributed by atoms with Gasteiger partial charge in [-0.15, -0.1) is 0 Å². The fraction of sp³-hybridized carbons (Fsp3) is 0.846. The third kappa shape index (κ3) is 4.29. The number of carbonyl (C=O) groups is 2. The Morgan fingerprint density at radius 1 is 1.61 bits per heavy atom. The molecule has 0 unspecified atom stereocenters. The molecule has 0 saturated carbocycles. The standard InChI is InChI=1S/C13H24N2O3/c1-4-5-6-15-8-11(7-12(15)16)13(17)14-10(2)9-18-3/h10-11H,4-9H2,1-3H3,(H,14,17)/t10-,11-/m0/s1. The van der Waals surface area contributed by atoms with Gasteiger partial charge in [-0.3, -0.25) is 9.59 Å². The minimum absolute atomic E-state index is 0.0118. The second-order valence-electron chi connectivity index (χ2n) is 4.96. The molecule has 18 heavy (non-hydrogen) atoms. The first kappa shape index (κ1) is 15.0. The summed E-state index contributed by atoms with van der Waals surface area (Å²) in [7, 11) is 1.61. The zero-order valence-corrected chi connectivity index (χ0v) is 11.6. The summed E-state index contributed by atoms with van der Waals surface area (Å²) in [4.78, 5) is 25.5. The summed E-state index contributed by atoms with van der Waals surface area (Å²) in [5.41, 5.74) is 0. The molecule has 0 aromatic heterocycles. The number of carbonyl (C=O) groups excluding carboxylic acids is 2. The first-order valence-corrected chi connectivity index (χ1v) is 6.65. The molecule has 1 aliphatic heterocycles. The topological polar surface area (TPSA) is 58.6 Å². The Hall–Kier alpha value is -1.10. The molecule has 2 amide bonds. The summed E-state index contributed by atoms with van der Waals surface area (Å²) in [6.45, 7) is 5.81. The van der Waals surface area contributed by atoms with E-state index in [1.54, 1.807) is 12.0 Å². The maximum absolute atomic E-state index is 11.9. The Kier molecular flexibility index (Phi) is 6.12. The zero-order chi connectivity index (χ0) is 13.5. The highest BCUT2D eigenvalue weighted by atomic mass is 16.5. The van der Waals surface area contributed by atoms with Crippen LogP contribution in [-0.2, 0) is 14.3 Å². The first-order valence-electron chi connectivity index (χ1n) is 6.65. The quantitative estimate of drug-likeness (QED) is 0.732. The van der Waals surface area contributed by atoms with Crippen molar-refractivity contribution in [1.82, 2.24) is 10.2 Å². The number of hydrogen-bond acceptors (Lipinski definition) is 3. The van der Waals surface area contributed by atoms with Gasteiger partial charge in [-0.05, 0) is 13.3 Å². The van der Waals surface area contributed by atoms with Gasteiger partial charge >= 0.3 is 0 Å². The Morgan fingerprint density at radius 2 is 2.33 bits per heavy atom. The van der Waals surface area contributed by atoms with Gasteiger partial charge in [0.05, 0.1) is 12.5 Å². The second-order valence-corrected chi connectivity index (χ2v) is 4.96. The van der Waals surface area contributed by atoms with E-state index in [0.717, 1.165) is 19.4 Å². The lowest BCUT2D eigenvalue weighted by molar-refractivity contribution is -0.129. The molecule has 1 fully saturated rings. The molecule has 0 aromatic carbocycles. The molecule has 0 radical (unpaired) electrons. The van der Waals surface area contributed by atoms with Crippen molar-refractivity contribution in [3.8, 4) is 0 Å². The van der Waals surface area contributed by atoms with Crippen LogP contribution in [0.25, 0.3) is 0 Å². The van der Waals surface area contributed by atoms with Crippen molar-refractivity contribution in [2.24, 2.45) is 5.92 Å². The number of nitrogens with zero attached hydrogens (tertiary/aromatic N) is 1. The highest BCUT2D eigenvalue weighted by molar-refractivity contribution is 5.89. The Morgan fingerprint density at radius 3 is 2.94 bits per heavy atom. The smallest absolute Gasteiger partial charge is 0.225 e. The van der Waals surface area contributed by atoms with Gasteiger partial charge in [0.25, 0.3) is 0 Å². The summed E-state index contributed by atoms with van der Waals surface area (Å²) in [5, 5.41) is 2.88. The SMILES string of the molecule is CCCCN1C[C@@H](C(=O)N[C@@H](C)COC)CC1=O. The maximum Gasteiger partial charge on any atom is 0.225 e. The lowest BCUT2D eigenvalue weighted by atomic mass is 10.1. The maximum atomic E-state index is 11.9. The molecule has 0 bridgehead atoms. The summed E-state index contributed by atoms with van der Waals surface area (Å²) < 4.78 is 4.97. The van der Waals surface area contributed by atoms with E-state index in [2.05, 4.69) is 12.2 Å². The molecule has 1 rings (SSSR count). The number of ether oxygens (including phenoxy) is 1. The number of hydrogen-bond donors (Lipinski definition) is 1. The van der Waals surface area contributed by atoms with Crippen molar-refractivity contribution < 1.29 is 14.3 Å². The number of unbranched alkanes of at least 4 members (excludes halogenated alkanes) is 1. The Bertz CT molecular complexity index is 294. The van der Waals surface area contributed by atoms with Gasteiger partial charge in [-0.1, -0.05) is 13.3 Å². The van der Waals surface area contributed by atoms with Gasteiger partial charge in [0.2, 0.25) is 11.8 Å². The Labute approximate surface area is 109 Å². The van der Waals surface area contributed by atoms with Crippen LogP contribution in [0, 0.1) is 5.92 Å². The van der Waals surface area contributed by atoms with Gasteiger partial charge in [0, 0.05) is 32.7 Å². The van der Waals surface area contributed by atoms with E-state index in [-0.39, 0.29) is 23.8 Å². The summed E-state index contributed by atoms with van der Waals surface area (Å²) in [5.74, 6) is -0.136. The summed E-state index contributed by atoms with van der Waals surface area (Å²) >= 11 is 0. The largest absolute Gasteiger partial charge is 0.383 e. The van der Waals surface area contributed by atoms with E-state index >= 15 is 0 Å². The average Bonchev–Trinajstić information content (AvgIpc) is 2.68. The van der Waals surface area contributed by atoms with Crippen LogP contribution in [0.15, 0.2) is 0 Å². The summed E-state index contributed by atoms with van der Waals surface area (Å²) in [6.07, 6.45) is 2.40. The molecule has 104 valence electrons. The van der Waals surface area contributed by atoms with E-state index in [9.17, 15) is 9.59 Å². The average molecular weight is 256 g/mol. The fourth-order valence-electron chi connectivity index (χ4n) is 2.17. The van der Waals surface area contributed by atoms with Crippen LogP contribution >= 0.6 is 0 Å². The number of methoxy groups -OCH3 is 1. The molecular formula is C13H24N2O3. The molecule has 0 aromatic rings. The van der Waals surface area contributed by atoms with Crippen LogP contribution in [0.3, 0.4) is 0 Å². The summed E-state index contributed by atoms with van der Waals surface area (Å²) in [6, 6.07) is -0.0118. The molecule has 0 aliphatic carbocycles. The number of likely N-dealkylation sites (tertiary alicyclic amines) is 1. The van der Waals surface area contributed by atoms with Gasteiger partial charge in [0.15, 0.2) is 0 Å². The molecule has 5 heteroatoms. The molecule has 1 aliphatic rings. The van der Waals surface area contributed by atoms with E-state index in [1.165, 1.54) is 0 Å². The van der Waals surface area contributed by atoms with Gasteiger partial charge in [-0.2, -0.15) is 0 Å². The lowest BCUT2D eigenvalue weighted by Crippen LogP contribution is -2.40. The van der Waals surface area contributed by atoms with Crippen LogP contribution in [0.4, 0.5) is 0 Å². The Balaban J connectivity index is 2.39. The minimum atomic E-state index is -0.200. The van der Waals surface area contributed by atoms with Gasteiger partial charge in [-0.25, -0.2) is 0 Å². The first-order chi connectivity index (χ1) is 8.58. The van der Waals surface area contributed by atoms with E-state index < -0.39 is 0 Å². The number of nitrogens with one attached hydrogen (secondary N) is 1.